The van der Waals surface area contributed by atoms with Crippen molar-refractivity contribution in [3.05, 3.63) is 29.8 Å². The van der Waals surface area contributed by atoms with Crippen molar-refractivity contribution in [2.24, 2.45) is 0 Å². The summed E-state index contributed by atoms with van der Waals surface area (Å²) in [4.78, 5) is 23.5. The van der Waals surface area contributed by atoms with Crippen LogP contribution >= 0.6 is 0 Å². The number of nitrogens with one attached hydrogen (secondary N) is 3. The van der Waals surface area contributed by atoms with Gasteiger partial charge in [-0.25, -0.2) is 4.79 Å². The van der Waals surface area contributed by atoms with Gasteiger partial charge < -0.3 is 20.7 Å². The van der Waals surface area contributed by atoms with Gasteiger partial charge in [-0.3, -0.25) is 4.79 Å². The zero-order valence-electron chi connectivity index (χ0n) is 11.4. The summed E-state index contributed by atoms with van der Waals surface area (Å²) in [6.45, 7) is 0.890. The Bertz CT molecular complexity index is 486. The molecule has 6 nitrogen and oxygen atoms in total. The molecule has 20 heavy (non-hydrogen) atoms. The summed E-state index contributed by atoms with van der Waals surface area (Å²) in [6.07, 6.45) is 2.09. The normalized spacial score (nSPS) is 13.7. The first kappa shape index (κ1) is 14.3. The van der Waals surface area contributed by atoms with E-state index in [0.29, 0.717) is 30.4 Å². The highest BCUT2D eigenvalue weighted by Crippen LogP contribution is 2.20. The molecule has 0 aliphatic heterocycles. The van der Waals surface area contributed by atoms with Crippen LogP contribution in [-0.4, -0.2) is 38.2 Å². The number of carbonyl (C=O) groups is 2. The van der Waals surface area contributed by atoms with Crippen molar-refractivity contribution in [3.63, 3.8) is 0 Å². The van der Waals surface area contributed by atoms with Crippen molar-refractivity contribution >= 4 is 17.6 Å². The van der Waals surface area contributed by atoms with E-state index in [1.807, 2.05) is 0 Å². The van der Waals surface area contributed by atoms with Crippen molar-refractivity contribution < 1.29 is 14.3 Å². The Balaban J connectivity index is 1.88. The number of benzene rings is 1. The van der Waals surface area contributed by atoms with Gasteiger partial charge in [0.1, 0.15) is 0 Å². The molecule has 1 aromatic carbocycles. The zero-order valence-corrected chi connectivity index (χ0v) is 11.4. The number of carbonyl (C=O) groups excluding carboxylic acids is 2. The monoisotopic (exact) mass is 277 g/mol. The van der Waals surface area contributed by atoms with E-state index in [2.05, 4.69) is 16.0 Å². The quantitative estimate of drug-likeness (QED) is 0.687. The fourth-order valence-corrected chi connectivity index (χ4v) is 1.68. The molecule has 108 valence electrons. The second-order valence-electron chi connectivity index (χ2n) is 4.70. The third-order valence-electron chi connectivity index (χ3n) is 2.89. The molecule has 0 heterocycles. The number of amides is 3. The van der Waals surface area contributed by atoms with E-state index < -0.39 is 0 Å². The van der Waals surface area contributed by atoms with E-state index in [-0.39, 0.29) is 11.9 Å². The summed E-state index contributed by atoms with van der Waals surface area (Å²) in [6, 6.07) is 6.87. The third-order valence-corrected chi connectivity index (χ3v) is 2.89. The molecular weight excluding hydrogens is 258 g/mol. The lowest BCUT2D eigenvalue weighted by atomic mass is 10.2. The fraction of sp³-hybridized carbons (Fsp3) is 0.429. The lowest BCUT2D eigenvalue weighted by molar-refractivity contribution is 0.0951. The Labute approximate surface area is 117 Å². The summed E-state index contributed by atoms with van der Waals surface area (Å²) in [7, 11) is 1.57. The second-order valence-corrected chi connectivity index (χ2v) is 4.70. The maximum absolute atomic E-state index is 11.9. The highest BCUT2D eigenvalue weighted by atomic mass is 16.5. The first-order chi connectivity index (χ1) is 9.69. The molecule has 0 bridgehead atoms. The number of ether oxygens (including phenoxy) is 1. The highest BCUT2D eigenvalue weighted by molar-refractivity contribution is 5.97. The van der Waals surface area contributed by atoms with Crippen LogP contribution in [0.4, 0.5) is 10.5 Å². The molecule has 1 saturated carbocycles. The lowest BCUT2D eigenvalue weighted by Gasteiger charge is -2.09. The maximum atomic E-state index is 11.9. The number of hydrogen-bond donors (Lipinski definition) is 3. The third kappa shape index (κ3) is 4.55. The average Bonchev–Trinajstić information content (AvgIpc) is 3.23. The standard InChI is InChI=1S/C14H19N3O3/c1-20-8-7-15-14(19)17-12-4-2-3-10(9-12)13(18)16-11-5-6-11/h2-4,9,11H,5-8H2,1H3,(H,16,18)(H2,15,17,19). The molecule has 2 rings (SSSR count). The topological polar surface area (TPSA) is 79.5 Å². The smallest absolute Gasteiger partial charge is 0.319 e. The molecule has 0 atom stereocenters. The molecule has 0 aromatic heterocycles. The van der Waals surface area contributed by atoms with Gasteiger partial charge in [-0.2, -0.15) is 0 Å². The first-order valence-corrected chi connectivity index (χ1v) is 6.64. The van der Waals surface area contributed by atoms with Gasteiger partial charge in [-0.15, -0.1) is 0 Å². The van der Waals surface area contributed by atoms with E-state index in [4.69, 9.17) is 4.74 Å². The molecule has 1 aliphatic rings. The molecule has 0 unspecified atom stereocenters. The maximum Gasteiger partial charge on any atom is 0.319 e. The van der Waals surface area contributed by atoms with Crippen LogP contribution in [0.15, 0.2) is 24.3 Å². The van der Waals surface area contributed by atoms with Gasteiger partial charge in [0.25, 0.3) is 5.91 Å². The van der Waals surface area contributed by atoms with Crippen molar-refractivity contribution in [1.82, 2.24) is 10.6 Å². The molecule has 1 aliphatic carbocycles. The Kier molecular flexibility index (Phi) is 4.95. The summed E-state index contributed by atoms with van der Waals surface area (Å²) in [5.74, 6) is -0.101. The van der Waals surface area contributed by atoms with Crippen molar-refractivity contribution in [2.45, 2.75) is 18.9 Å². The van der Waals surface area contributed by atoms with Gasteiger partial charge >= 0.3 is 6.03 Å². The first-order valence-electron chi connectivity index (χ1n) is 6.64. The van der Waals surface area contributed by atoms with Crippen LogP contribution in [0.5, 0.6) is 0 Å². The SMILES string of the molecule is COCCNC(=O)Nc1cccc(C(=O)NC2CC2)c1. The van der Waals surface area contributed by atoms with Crippen LogP contribution < -0.4 is 16.0 Å². The van der Waals surface area contributed by atoms with Crippen LogP contribution in [-0.2, 0) is 4.74 Å². The average molecular weight is 277 g/mol. The summed E-state index contributed by atoms with van der Waals surface area (Å²) in [5, 5.41) is 8.24. The Hall–Kier alpha value is -2.08. The van der Waals surface area contributed by atoms with Crippen LogP contribution in [0.3, 0.4) is 0 Å². The van der Waals surface area contributed by atoms with Crippen LogP contribution in [0.1, 0.15) is 23.2 Å². The van der Waals surface area contributed by atoms with Gasteiger partial charge in [0.05, 0.1) is 6.61 Å². The molecule has 0 saturated heterocycles. The minimum absolute atomic E-state index is 0.101. The van der Waals surface area contributed by atoms with Gasteiger partial charge in [0, 0.05) is 30.9 Å². The zero-order chi connectivity index (χ0) is 14.4. The van der Waals surface area contributed by atoms with Crippen LogP contribution in [0, 0.1) is 0 Å². The molecule has 3 amide bonds. The van der Waals surface area contributed by atoms with Crippen LogP contribution in [0.2, 0.25) is 0 Å². The molecule has 1 aromatic rings. The van der Waals surface area contributed by atoms with E-state index in [1.54, 1.807) is 31.4 Å². The second kappa shape index (κ2) is 6.91. The molecule has 3 N–H and O–H groups in total. The molecule has 1 fully saturated rings. The van der Waals surface area contributed by atoms with E-state index in [1.165, 1.54) is 0 Å². The minimum atomic E-state index is -0.318. The molecule has 6 heteroatoms. The van der Waals surface area contributed by atoms with Gasteiger partial charge in [-0.05, 0) is 31.0 Å². The predicted molar refractivity (Wildman–Crippen MR) is 75.8 cm³/mol. The predicted octanol–water partition coefficient (Wildman–Crippen LogP) is 1.35. The van der Waals surface area contributed by atoms with Crippen LogP contribution in [0.25, 0.3) is 0 Å². The summed E-state index contributed by atoms with van der Waals surface area (Å²) in [5.41, 5.74) is 1.13. The summed E-state index contributed by atoms with van der Waals surface area (Å²) < 4.78 is 4.84. The number of urea groups is 1. The minimum Gasteiger partial charge on any atom is -0.383 e. The van der Waals surface area contributed by atoms with Crippen molar-refractivity contribution in [3.8, 4) is 0 Å². The highest BCUT2D eigenvalue weighted by Gasteiger charge is 2.23. The number of anilines is 1. The number of methoxy groups -OCH3 is 1. The van der Waals surface area contributed by atoms with Crippen molar-refractivity contribution in [1.29, 1.82) is 0 Å². The Morgan fingerprint density at radius 3 is 2.85 bits per heavy atom. The van der Waals surface area contributed by atoms with Gasteiger partial charge in [0.15, 0.2) is 0 Å². The van der Waals surface area contributed by atoms with Gasteiger partial charge in [-0.1, -0.05) is 6.07 Å². The summed E-state index contributed by atoms with van der Waals surface area (Å²) >= 11 is 0. The van der Waals surface area contributed by atoms with E-state index >= 15 is 0 Å². The lowest BCUT2D eigenvalue weighted by Crippen LogP contribution is -2.31. The fourth-order valence-electron chi connectivity index (χ4n) is 1.68. The molecular formula is C14H19N3O3. The Morgan fingerprint density at radius 2 is 2.15 bits per heavy atom. The number of rotatable bonds is 6. The van der Waals surface area contributed by atoms with E-state index in [0.717, 1.165) is 12.8 Å². The number of hydrogen-bond acceptors (Lipinski definition) is 3. The Morgan fingerprint density at radius 1 is 1.35 bits per heavy atom. The van der Waals surface area contributed by atoms with Crippen molar-refractivity contribution in [2.75, 3.05) is 25.6 Å². The molecule has 0 spiro atoms. The largest absolute Gasteiger partial charge is 0.383 e. The van der Waals surface area contributed by atoms with E-state index in [9.17, 15) is 9.59 Å². The van der Waals surface area contributed by atoms with Gasteiger partial charge in [0.2, 0.25) is 0 Å². The molecule has 0 radical (unpaired) electrons.